The molecule has 1 atom stereocenters. The van der Waals surface area contributed by atoms with Gasteiger partial charge in [-0.25, -0.2) is 0 Å². The van der Waals surface area contributed by atoms with Crippen molar-refractivity contribution in [3.8, 4) is 0 Å². The first-order valence-electron chi connectivity index (χ1n) is 13.2. The molecule has 6 nitrogen and oxygen atoms in total. The monoisotopic (exact) mass is 507 g/mol. The zero-order chi connectivity index (χ0) is 26.3. The first kappa shape index (κ1) is 25.6. The number of nitrogens with zero attached hydrogens (tertiary/aromatic N) is 2. The van der Waals surface area contributed by atoms with E-state index in [1.165, 1.54) is 36.3 Å². The number of ether oxygens (including phenoxy) is 1. The Balaban J connectivity index is 1.19. The summed E-state index contributed by atoms with van der Waals surface area (Å²) < 4.78 is 4.71. The lowest BCUT2D eigenvalue weighted by molar-refractivity contribution is -0.139. The minimum atomic E-state index is -0.287. The highest BCUT2D eigenvalue weighted by Crippen LogP contribution is 2.26. The molecule has 1 saturated heterocycles. The molecule has 38 heavy (non-hydrogen) atoms. The lowest BCUT2D eigenvalue weighted by Gasteiger charge is -2.33. The predicted octanol–water partition coefficient (Wildman–Crippen LogP) is 5.66. The summed E-state index contributed by atoms with van der Waals surface area (Å²) in [5, 5.41) is 5.46. The molecule has 0 spiro atoms. The Labute approximate surface area is 223 Å². The quantitative estimate of drug-likeness (QED) is 0.312. The van der Waals surface area contributed by atoms with Gasteiger partial charge in [0.1, 0.15) is 0 Å². The molecule has 1 fully saturated rings. The highest BCUT2D eigenvalue weighted by atomic mass is 16.5. The third kappa shape index (κ3) is 6.45. The van der Waals surface area contributed by atoms with Crippen LogP contribution in [0.5, 0.6) is 0 Å². The van der Waals surface area contributed by atoms with Crippen LogP contribution >= 0.6 is 0 Å². The highest BCUT2D eigenvalue weighted by Gasteiger charge is 2.21. The second-order valence-corrected chi connectivity index (χ2v) is 10.1. The van der Waals surface area contributed by atoms with E-state index in [0.29, 0.717) is 17.2 Å². The minimum Gasteiger partial charge on any atom is -0.469 e. The van der Waals surface area contributed by atoms with Gasteiger partial charge in [-0.1, -0.05) is 42.5 Å². The van der Waals surface area contributed by atoms with Gasteiger partial charge in [-0.3, -0.25) is 19.5 Å². The number of carbonyl (C=O) groups is 2. The van der Waals surface area contributed by atoms with E-state index in [-0.39, 0.29) is 18.3 Å². The minimum absolute atomic E-state index is 0.144. The van der Waals surface area contributed by atoms with Crippen LogP contribution in [-0.4, -0.2) is 42.0 Å². The van der Waals surface area contributed by atoms with E-state index in [0.717, 1.165) is 37.2 Å². The number of pyridine rings is 1. The molecule has 3 aromatic carbocycles. The Morgan fingerprint density at radius 1 is 1.03 bits per heavy atom. The van der Waals surface area contributed by atoms with E-state index < -0.39 is 0 Å². The Kier molecular flexibility index (Phi) is 8.09. The van der Waals surface area contributed by atoms with Crippen molar-refractivity contribution in [2.75, 3.05) is 25.5 Å². The number of piperidine rings is 1. The van der Waals surface area contributed by atoms with Gasteiger partial charge in [-0.15, -0.1) is 0 Å². The molecular weight excluding hydrogens is 474 g/mol. The number of amides is 1. The second-order valence-electron chi connectivity index (χ2n) is 10.1. The molecular formula is C32H33N3O3. The number of aromatic nitrogens is 1. The number of likely N-dealkylation sites (tertiary alicyclic amines) is 1. The van der Waals surface area contributed by atoms with Crippen LogP contribution in [0.3, 0.4) is 0 Å². The molecule has 0 saturated carbocycles. The van der Waals surface area contributed by atoms with Crippen molar-refractivity contribution in [2.45, 2.75) is 32.2 Å². The van der Waals surface area contributed by atoms with Crippen molar-refractivity contribution in [3.63, 3.8) is 0 Å². The second kappa shape index (κ2) is 12.0. The number of anilines is 1. The van der Waals surface area contributed by atoms with Crippen LogP contribution in [0, 0.1) is 5.92 Å². The van der Waals surface area contributed by atoms with Gasteiger partial charge in [0, 0.05) is 42.1 Å². The van der Waals surface area contributed by atoms with E-state index >= 15 is 0 Å². The average molecular weight is 508 g/mol. The fraction of sp³-hybridized carbons (Fsp3) is 0.281. The third-order valence-electron chi connectivity index (χ3n) is 7.27. The van der Waals surface area contributed by atoms with Gasteiger partial charge in [-0.05, 0) is 84.1 Å². The molecule has 4 aromatic rings. The summed E-state index contributed by atoms with van der Waals surface area (Å²) in [5.41, 5.74) is 4.71. The van der Waals surface area contributed by atoms with Crippen molar-refractivity contribution in [1.29, 1.82) is 0 Å². The summed E-state index contributed by atoms with van der Waals surface area (Å²) in [6.07, 6.45) is 7.52. The molecule has 5 rings (SSSR count). The van der Waals surface area contributed by atoms with E-state index in [2.05, 4.69) is 45.5 Å². The van der Waals surface area contributed by atoms with Gasteiger partial charge in [0.05, 0.1) is 13.5 Å². The normalized spacial score (nSPS) is 15.8. The first-order chi connectivity index (χ1) is 18.6. The van der Waals surface area contributed by atoms with Crippen LogP contribution in [0.25, 0.3) is 10.8 Å². The molecule has 1 aromatic heterocycles. The van der Waals surface area contributed by atoms with E-state index in [1.54, 1.807) is 12.1 Å². The fourth-order valence-corrected chi connectivity index (χ4v) is 5.36. The summed E-state index contributed by atoms with van der Waals surface area (Å²) in [7, 11) is 1.37. The van der Waals surface area contributed by atoms with Crippen molar-refractivity contribution >= 4 is 28.3 Å². The first-order valence-corrected chi connectivity index (χ1v) is 13.2. The number of hydrogen-bond donors (Lipinski definition) is 1. The van der Waals surface area contributed by atoms with Crippen LogP contribution in [0.4, 0.5) is 5.69 Å². The molecule has 1 aliphatic rings. The molecule has 1 unspecified atom stereocenters. The van der Waals surface area contributed by atoms with E-state index in [1.807, 2.05) is 42.7 Å². The standard InChI is InChI=1S/C32H33N3O3/c1-38-31(36)19-23-10-12-29(13-11-23)34-32(37)27-8-2-5-24(18-27)21-35-16-4-6-25(22-35)17-26-7-3-9-28-20-33-15-14-30(26)28/h2-3,5,7-15,18,20,25H,4,6,16-17,19,21-22H2,1H3,(H,34,37). The van der Waals surface area contributed by atoms with Gasteiger partial charge in [-0.2, -0.15) is 0 Å². The van der Waals surface area contributed by atoms with Crippen molar-refractivity contribution < 1.29 is 14.3 Å². The van der Waals surface area contributed by atoms with Gasteiger partial charge < -0.3 is 10.1 Å². The van der Waals surface area contributed by atoms with Crippen molar-refractivity contribution in [3.05, 3.63) is 107 Å². The number of methoxy groups -OCH3 is 1. The average Bonchev–Trinajstić information content (AvgIpc) is 2.94. The zero-order valence-corrected chi connectivity index (χ0v) is 21.7. The van der Waals surface area contributed by atoms with Crippen LogP contribution in [-0.2, 0) is 28.9 Å². The molecule has 2 heterocycles. The SMILES string of the molecule is COC(=O)Cc1ccc(NC(=O)c2cccc(CN3CCCC(Cc4cccc5cnccc45)C3)c2)cc1. The summed E-state index contributed by atoms with van der Waals surface area (Å²) >= 11 is 0. The zero-order valence-electron chi connectivity index (χ0n) is 21.7. The van der Waals surface area contributed by atoms with Gasteiger partial charge in [0.25, 0.3) is 5.91 Å². The maximum absolute atomic E-state index is 12.9. The van der Waals surface area contributed by atoms with Crippen LogP contribution in [0.1, 0.15) is 39.9 Å². The number of esters is 1. The number of nitrogens with one attached hydrogen (secondary N) is 1. The summed E-state index contributed by atoms with van der Waals surface area (Å²) in [6, 6.07) is 23.8. The summed E-state index contributed by atoms with van der Waals surface area (Å²) in [6.45, 7) is 2.96. The molecule has 0 bridgehead atoms. The van der Waals surface area contributed by atoms with E-state index in [9.17, 15) is 9.59 Å². The Hall–Kier alpha value is -4.03. The predicted molar refractivity (Wildman–Crippen MR) is 150 cm³/mol. The van der Waals surface area contributed by atoms with Gasteiger partial charge in [0.2, 0.25) is 0 Å². The van der Waals surface area contributed by atoms with Gasteiger partial charge >= 0.3 is 5.97 Å². The Morgan fingerprint density at radius 2 is 1.87 bits per heavy atom. The number of rotatable bonds is 8. The Bertz CT molecular complexity index is 1410. The van der Waals surface area contributed by atoms with Crippen LogP contribution in [0.15, 0.2) is 85.2 Å². The lowest BCUT2D eigenvalue weighted by Crippen LogP contribution is -2.35. The molecule has 6 heteroatoms. The van der Waals surface area contributed by atoms with E-state index in [4.69, 9.17) is 4.74 Å². The number of fused-ring (bicyclic) bond motifs is 1. The molecule has 1 amide bonds. The summed E-state index contributed by atoms with van der Waals surface area (Å²) in [5.74, 6) is 0.176. The maximum atomic E-state index is 12.9. The van der Waals surface area contributed by atoms with Crippen LogP contribution < -0.4 is 5.32 Å². The third-order valence-corrected chi connectivity index (χ3v) is 7.27. The van der Waals surface area contributed by atoms with Crippen molar-refractivity contribution in [2.24, 2.45) is 5.92 Å². The molecule has 1 aliphatic heterocycles. The summed E-state index contributed by atoms with van der Waals surface area (Å²) in [4.78, 5) is 31.2. The topological polar surface area (TPSA) is 71.5 Å². The van der Waals surface area contributed by atoms with Crippen molar-refractivity contribution in [1.82, 2.24) is 9.88 Å². The molecule has 0 radical (unpaired) electrons. The molecule has 1 N–H and O–H groups in total. The number of benzene rings is 3. The molecule has 0 aliphatic carbocycles. The maximum Gasteiger partial charge on any atom is 0.309 e. The number of hydrogen-bond acceptors (Lipinski definition) is 5. The van der Waals surface area contributed by atoms with Gasteiger partial charge in [0.15, 0.2) is 0 Å². The fourth-order valence-electron chi connectivity index (χ4n) is 5.36. The number of carbonyl (C=O) groups excluding carboxylic acids is 2. The Morgan fingerprint density at radius 3 is 2.71 bits per heavy atom. The largest absolute Gasteiger partial charge is 0.469 e. The smallest absolute Gasteiger partial charge is 0.309 e. The molecule has 194 valence electrons. The van der Waals surface area contributed by atoms with Crippen LogP contribution in [0.2, 0.25) is 0 Å². The highest BCUT2D eigenvalue weighted by molar-refractivity contribution is 6.04. The lowest BCUT2D eigenvalue weighted by atomic mass is 9.89.